The summed E-state index contributed by atoms with van der Waals surface area (Å²) in [6, 6.07) is 13.3. The van der Waals surface area contributed by atoms with Crippen molar-refractivity contribution in [2.45, 2.75) is 19.9 Å². The molecule has 0 aliphatic rings. The molecule has 3 rings (SSSR count). The number of aromatic hydroxyl groups is 1. The van der Waals surface area contributed by atoms with Crippen LogP contribution in [0.3, 0.4) is 0 Å². The van der Waals surface area contributed by atoms with Gasteiger partial charge in [0.1, 0.15) is 17.3 Å². The van der Waals surface area contributed by atoms with Gasteiger partial charge in [0.15, 0.2) is 0 Å². The zero-order valence-corrected chi connectivity index (χ0v) is 16.3. The summed E-state index contributed by atoms with van der Waals surface area (Å²) < 4.78 is 0. The molecule has 7 nitrogen and oxygen atoms in total. The van der Waals surface area contributed by atoms with Crippen LogP contribution in [0, 0.1) is 5.92 Å². The van der Waals surface area contributed by atoms with Crippen LogP contribution >= 0.6 is 0 Å². The standard InChI is InChI=1S/C22H24N4O3/c1-13(2)19(12-27)26-22(29)16-5-3-14(4-6-16)18-11-24-21(23)20(25-18)15-7-9-17(28)10-8-15/h3-11,13,19,27-28H,12H2,1-2H3,(H2,23,24)(H,26,29)/t19-/m0/s1. The van der Waals surface area contributed by atoms with Gasteiger partial charge in [-0.15, -0.1) is 0 Å². The van der Waals surface area contributed by atoms with E-state index in [4.69, 9.17) is 5.73 Å². The summed E-state index contributed by atoms with van der Waals surface area (Å²) in [5.74, 6) is 0.342. The van der Waals surface area contributed by atoms with Gasteiger partial charge in [-0.25, -0.2) is 9.97 Å². The highest BCUT2D eigenvalue weighted by Gasteiger charge is 2.16. The minimum absolute atomic E-state index is 0.109. The number of aliphatic hydroxyl groups is 1. The van der Waals surface area contributed by atoms with Gasteiger partial charge in [0.25, 0.3) is 5.91 Å². The predicted molar refractivity (Wildman–Crippen MR) is 112 cm³/mol. The van der Waals surface area contributed by atoms with E-state index in [1.54, 1.807) is 54.7 Å². The zero-order chi connectivity index (χ0) is 21.0. The molecule has 0 radical (unpaired) electrons. The zero-order valence-electron chi connectivity index (χ0n) is 16.3. The first-order chi connectivity index (χ1) is 13.9. The van der Waals surface area contributed by atoms with Crippen LogP contribution in [0.2, 0.25) is 0 Å². The van der Waals surface area contributed by atoms with Crippen LogP contribution in [0.1, 0.15) is 24.2 Å². The molecule has 3 aromatic rings. The number of nitrogen functional groups attached to an aromatic ring is 1. The molecule has 5 N–H and O–H groups in total. The first-order valence-electron chi connectivity index (χ1n) is 9.33. The number of phenolic OH excluding ortho intramolecular Hbond substituents is 1. The van der Waals surface area contributed by atoms with E-state index in [2.05, 4.69) is 15.3 Å². The number of hydrogen-bond acceptors (Lipinski definition) is 6. The second-order valence-corrected chi connectivity index (χ2v) is 7.12. The molecule has 1 atom stereocenters. The maximum Gasteiger partial charge on any atom is 0.251 e. The number of aromatic nitrogens is 2. The minimum atomic E-state index is -0.294. The summed E-state index contributed by atoms with van der Waals surface area (Å²) in [6.45, 7) is 3.77. The largest absolute Gasteiger partial charge is 0.508 e. The smallest absolute Gasteiger partial charge is 0.251 e. The Balaban J connectivity index is 1.84. The van der Waals surface area contributed by atoms with E-state index in [1.165, 1.54) is 0 Å². The van der Waals surface area contributed by atoms with E-state index in [-0.39, 0.29) is 30.2 Å². The summed E-state index contributed by atoms with van der Waals surface area (Å²) in [5, 5.41) is 21.7. The molecule has 0 saturated carbocycles. The van der Waals surface area contributed by atoms with Gasteiger partial charge in [-0.05, 0) is 42.3 Å². The van der Waals surface area contributed by atoms with Crippen molar-refractivity contribution >= 4 is 11.7 Å². The van der Waals surface area contributed by atoms with Crippen LogP contribution in [0.15, 0.2) is 54.7 Å². The Morgan fingerprint density at radius 1 is 1.07 bits per heavy atom. The molecule has 0 saturated heterocycles. The van der Waals surface area contributed by atoms with Crippen LogP contribution in [0.25, 0.3) is 22.5 Å². The third-order valence-electron chi connectivity index (χ3n) is 4.70. The molecule has 1 aromatic heterocycles. The molecule has 0 unspecified atom stereocenters. The fourth-order valence-electron chi connectivity index (χ4n) is 2.84. The highest BCUT2D eigenvalue weighted by molar-refractivity contribution is 5.94. The predicted octanol–water partition coefficient (Wildman–Crippen LogP) is 2.85. The van der Waals surface area contributed by atoms with Gasteiger partial charge >= 0.3 is 0 Å². The minimum Gasteiger partial charge on any atom is -0.508 e. The van der Waals surface area contributed by atoms with Gasteiger partial charge in [-0.3, -0.25) is 4.79 Å². The van der Waals surface area contributed by atoms with Crippen LogP contribution < -0.4 is 11.1 Å². The van der Waals surface area contributed by atoms with E-state index >= 15 is 0 Å². The average molecular weight is 392 g/mol. The number of anilines is 1. The molecule has 150 valence electrons. The summed E-state index contributed by atoms with van der Waals surface area (Å²) in [6.07, 6.45) is 1.58. The molecule has 0 spiro atoms. The van der Waals surface area contributed by atoms with Crippen molar-refractivity contribution < 1.29 is 15.0 Å². The van der Waals surface area contributed by atoms with Crippen LogP contribution in [-0.2, 0) is 0 Å². The third-order valence-corrected chi connectivity index (χ3v) is 4.70. The number of rotatable bonds is 6. The highest BCUT2D eigenvalue weighted by atomic mass is 16.3. The van der Waals surface area contributed by atoms with Gasteiger partial charge in [0, 0.05) is 16.7 Å². The molecule has 29 heavy (non-hydrogen) atoms. The number of benzene rings is 2. The van der Waals surface area contributed by atoms with Crippen molar-refractivity contribution in [3.05, 3.63) is 60.3 Å². The lowest BCUT2D eigenvalue weighted by atomic mass is 10.0. The van der Waals surface area contributed by atoms with Crippen molar-refractivity contribution in [1.29, 1.82) is 0 Å². The summed E-state index contributed by atoms with van der Waals surface area (Å²) in [4.78, 5) is 21.2. The highest BCUT2D eigenvalue weighted by Crippen LogP contribution is 2.27. The van der Waals surface area contributed by atoms with Crippen molar-refractivity contribution in [1.82, 2.24) is 15.3 Å². The Kier molecular flexibility index (Phi) is 6.09. The lowest BCUT2D eigenvalue weighted by Crippen LogP contribution is -2.41. The van der Waals surface area contributed by atoms with Crippen molar-refractivity contribution in [3.63, 3.8) is 0 Å². The van der Waals surface area contributed by atoms with E-state index in [9.17, 15) is 15.0 Å². The number of nitrogens with one attached hydrogen (secondary N) is 1. The second-order valence-electron chi connectivity index (χ2n) is 7.12. The van der Waals surface area contributed by atoms with E-state index in [0.29, 0.717) is 22.8 Å². The number of phenols is 1. The lowest BCUT2D eigenvalue weighted by Gasteiger charge is -2.19. The summed E-state index contributed by atoms with van der Waals surface area (Å²) in [5.41, 5.74) is 9.14. The van der Waals surface area contributed by atoms with Crippen LogP contribution in [-0.4, -0.2) is 38.7 Å². The molecular formula is C22H24N4O3. The maximum atomic E-state index is 12.4. The SMILES string of the molecule is CC(C)[C@H](CO)NC(=O)c1ccc(-c2cnc(N)c(-c3ccc(O)cc3)n2)cc1. The van der Waals surface area contributed by atoms with Gasteiger partial charge < -0.3 is 21.3 Å². The Labute approximate surface area is 169 Å². The second kappa shape index (κ2) is 8.70. The van der Waals surface area contributed by atoms with Gasteiger partial charge in [0.2, 0.25) is 0 Å². The molecule has 0 bridgehead atoms. The molecule has 1 amide bonds. The molecule has 0 aliphatic heterocycles. The Bertz CT molecular complexity index is 986. The normalized spacial score (nSPS) is 12.0. The number of nitrogens with two attached hydrogens (primary N) is 1. The lowest BCUT2D eigenvalue weighted by molar-refractivity contribution is 0.0897. The first-order valence-corrected chi connectivity index (χ1v) is 9.33. The molecule has 2 aromatic carbocycles. The topological polar surface area (TPSA) is 121 Å². The number of aliphatic hydroxyl groups excluding tert-OH is 1. The third kappa shape index (κ3) is 4.70. The van der Waals surface area contributed by atoms with E-state index in [1.807, 2.05) is 13.8 Å². The number of hydrogen-bond donors (Lipinski definition) is 4. The monoisotopic (exact) mass is 392 g/mol. The molecule has 7 heteroatoms. The first kappa shape index (κ1) is 20.3. The Morgan fingerprint density at radius 2 is 1.69 bits per heavy atom. The molecule has 1 heterocycles. The fraction of sp³-hybridized carbons (Fsp3) is 0.227. The van der Waals surface area contributed by atoms with Crippen molar-refractivity contribution in [2.75, 3.05) is 12.3 Å². The molecule has 0 fully saturated rings. The van der Waals surface area contributed by atoms with Gasteiger partial charge in [0.05, 0.1) is 24.5 Å². The Hall–Kier alpha value is -3.45. The Morgan fingerprint density at radius 3 is 2.28 bits per heavy atom. The fourth-order valence-corrected chi connectivity index (χ4v) is 2.84. The van der Waals surface area contributed by atoms with Gasteiger partial charge in [-0.1, -0.05) is 26.0 Å². The maximum absolute atomic E-state index is 12.4. The number of carbonyl (C=O) groups excluding carboxylic acids is 1. The summed E-state index contributed by atoms with van der Waals surface area (Å²) >= 11 is 0. The molecular weight excluding hydrogens is 368 g/mol. The van der Waals surface area contributed by atoms with Crippen LogP contribution in [0.5, 0.6) is 5.75 Å². The van der Waals surface area contributed by atoms with E-state index < -0.39 is 0 Å². The number of carbonyl (C=O) groups is 1. The summed E-state index contributed by atoms with van der Waals surface area (Å²) in [7, 11) is 0. The molecule has 0 aliphatic carbocycles. The average Bonchev–Trinajstić information content (AvgIpc) is 2.73. The number of nitrogens with zero attached hydrogens (tertiary/aromatic N) is 2. The van der Waals surface area contributed by atoms with Gasteiger partial charge in [-0.2, -0.15) is 0 Å². The van der Waals surface area contributed by atoms with Crippen LogP contribution in [0.4, 0.5) is 5.82 Å². The number of amides is 1. The quantitative estimate of drug-likeness (QED) is 0.512. The van der Waals surface area contributed by atoms with Crippen molar-refractivity contribution in [2.24, 2.45) is 5.92 Å². The van der Waals surface area contributed by atoms with E-state index in [0.717, 1.165) is 11.1 Å². The van der Waals surface area contributed by atoms with Crippen molar-refractivity contribution in [3.8, 4) is 28.3 Å².